The number of alkyl halides is 17. The van der Waals surface area contributed by atoms with E-state index < -0.39 is 166 Å². The Balaban J connectivity index is 0.000000402. The molecule has 0 aromatic carbocycles. The molecule has 8 atom stereocenters. The second-order valence-corrected chi connectivity index (χ2v) is 21.8. The Bertz CT molecular complexity index is 2150. The predicted octanol–water partition coefficient (Wildman–Crippen LogP) is 10.6. The summed E-state index contributed by atoms with van der Waals surface area (Å²) in [5.74, 6) is -22.2. The van der Waals surface area contributed by atoms with Gasteiger partial charge in [-0.25, -0.2) is 0 Å². The number of esters is 6. The Morgan fingerprint density at radius 1 is 0.675 bits per heavy atom. The van der Waals surface area contributed by atoms with E-state index in [-0.39, 0.29) is 19.3 Å². The summed E-state index contributed by atoms with van der Waals surface area (Å²) in [5, 5.41) is 9.27. The molecule has 4 fully saturated rings. The normalized spacial score (nSPS) is 26.8. The third kappa shape index (κ3) is 13.1. The molecule has 14 nitrogen and oxygen atoms in total. The maximum atomic E-state index is 14.9. The minimum Gasteiger partial charge on any atom is -0.458 e. The van der Waals surface area contributed by atoms with Crippen molar-refractivity contribution < 1.29 is 142 Å². The van der Waals surface area contributed by atoms with Crippen molar-refractivity contribution in [2.24, 2.45) is 45.8 Å². The maximum absolute atomic E-state index is 14.9. The fourth-order valence-electron chi connectivity index (χ4n) is 7.86. The molecule has 77 heavy (non-hydrogen) atoms. The number of aliphatic hydroxyl groups is 1. The highest BCUT2D eigenvalue weighted by Gasteiger charge is 2.86. The molecule has 8 unspecified atom stereocenters. The molecule has 0 aromatic heterocycles. The van der Waals surface area contributed by atoms with E-state index in [0.29, 0.717) is 27.2 Å². The molecular weight excluding hydrogens is 1100 g/mol. The van der Waals surface area contributed by atoms with E-state index in [0.717, 1.165) is 0 Å². The van der Waals surface area contributed by atoms with E-state index in [1.807, 2.05) is 0 Å². The molecular formula is C46H61F17O14. The second kappa shape index (κ2) is 21.9. The zero-order chi connectivity index (χ0) is 61.1. The summed E-state index contributed by atoms with van der Waals surface area (Å²) in [6, 6.07) is 0. The lowest BCUT2D eigenvalue weighted by Crippen LogP contribution is -2.70. The molecule has 31 heteroatoms. The summed E-state index contributed by atoms with van der Waals surface area (Å²) in [5.41, 5.74) is -14.8. The predicted molar refractivity (Wildman–Crippen MR) is 225 cm³/mol. The van der Waals surface area contributed by atoms with Crippen LogP contribution < -0.4 is 0 Å². The Labute approximate surface area is 430 Å². The number of carbonyl (C=O) groups excluding carboxylic acids is 6. The van der Waals surface area contributed by atoms with Crippen molar-refractivity contribution in [3.8, 4) is 0 Å². The van der Waals surface area contributed by atoms with Crippen LogP contribution in [0.4, 0.5) is 74.6 Å². The van der Waals surface area contributed by atoms with Gasteiger partial charge in [0.15, 0.2) is 5.60 Å². The molecule has 0 spiro atoms. The number of rotatable bonds is 14. The zero-order valence-corrected chi connectivity index (χ0v) is 43.8. The van der Waals surface area contributed by atoms with E-state index in [9.17, 15) is 109 Å². The Morgan fingerprint density at radius 3 is 1.49 bits per heavy atom. The summed E-state index contributed by atoms with van der Waals surface area (Å²) in [7, 11) is 0. The molecule has 1 N–H and O–H groups in total. The van der Waals surface area contributed by atoms with Gasteiger partial charge in [-0.05, 0) is 88.0 Å². The van der Waals surface area contributed by atoms with Crippen LogP contribution in [0.1, 0.15) is 123 Å². The summed E-state index contributed by atoms with van der Waals surface area (Å²) >= 11 is 0. The summed E-state index contributed by atoms with van der Waals surface area (Å²) in [4.78, 5) is 72.5. The highest BCUT2D eigenvalue weighted by molar-refractivity contribution is 5.86. The number of ether oxygens (including phenoxy) is 7. The lowest BCUT2D eigenvalue weighted by molar-refractivity contribution is -0.410. The fourth-order valence-corrected chi connectivity index (χ4v) is 7.86. The van der Waals surface area contributed by atoms with Crippen LogP contribution in [0, 0.1) is 45.8 Å². The van der Waals surface area contributed by atoms with Crippen molar-refractivity contribution in [3.63, 3.8) is 0 Å². The number of hydrogen-bond donors (Lipinski definition) is 1. The Morgan fingerprint density at radius 2 is 1.10 bits per heavy atom. The van der Waals surface area contributed by atoms with Crippen molar-refractivity contribution in [2.45, 2.75) is 200 Å². The van der Waals surface area contributed by atoms with Gasteiger partial charge in [-0.15, -0.1) is 0 Å². The van der Waals surface area contributed by atoms with Crippen molar-refractivity contribution in [3.05, 3.63) is 0 Å². The van der Waals surface area contributed by atoms with Crippen molar-refractivity contribution >= 4 is 35.8 Å². The van der Waals surface area contributed by atoms with Gasteiger partial charge in [0, 0.05) is 11.8 Å². The number of carbonyl (C=O) groups is 6. The lowest BCUT2D eigenvalue weighted by Gasteiger charge is -2.44. The largest absolute Gasteiger partial charge is 0.462 e. The Hall–Kier alpha value is -4.45. The molecule has 2 heterocycles. The van der Waals surface area contributed by atoms with Gasteiger partial charge in [0.25, 0.3) is 11.7 Å². The van der Waals surface area contributed by atoms with Crippen LogP contribution >= 0.6 is 0 Å². The molecule has 4 rings (SSSR count). The summed E-state index contributed by atoms with van der Waals surface area (Å²) in [6.07, 6.45) is -35.1. The molecule has 0 amide bonds. The van der Waals surface area contributed by atoms with E-state index in [1.54, 1.807) is 27.7 Å². The molecule has 0 aromatic rings. The van der Waals surface area contributed by atoms with Crippen LogP contribution in [0.25, 0.3) is 0 Å². The summed E-state index contributed by atoms with van der Waals surface area (Å²) < 4.78 is 255. The molecule has 448 valence electrons. The quantitative estimate of drug-likeness (QED) is 0.0983. The van der Waals surface area contributed by atoms with Gasteiger partial charge in [-0.3, -0.25) is 28.8 Å². The van der Waals surface area contributed by atoms with Crippen LogP contribution in [0.2, 0.25) is 0 Å². The van der Waals surface area contributed by atoms with Gasteiger partial charge in [-0.2, -0.15) is 74.6 Å². The minimum atomic E-state index is -6.06. The molecule has 2 aliphatic heterocycles. The van der Waals surface area contributed by atoms with Crippen LogP contribution in [0.15, 0.2) is 0 Å². The summed E-state index contributed by atoms with van der Waals surface area (Å²) in [6.45, 7) is 15.9. The van der Waals surface area contributed by atoms with Crippen LogP contribution in [0.5, 0.6) is 0 Å². The van der Waals surface area contributed by atoms with Gasteiger partial charge < -0.3 is 38.3 Å². The van der Waals surface area contributed by atoms with Gasteiger partial charge in [0.2, 0.25) is 5.60 Å². The SMILES string of the molecule is CCC(C)(C)C(=O)OC(C)(C)C(O)(C(F)(F)F)C(F)(F)F.CCC(C)(C)C(=O)OC1(C)COC(OC(=O)C(C)C)(C(F)(F)F)C1(F)F.CCC(C)(C)C(=O)OC1C2CC3C1OC(=O)C3C2C(=O)OC(C(F)(F)F)C(F)(F)F. The van der Waals surface area contributed by atoms with E-state index in [1.165, 1.54) is 48.5 Å². The highest BCUT2D eigenvalue weighted by atomic mass is 19.4. The smallest absolute Gasteiger partial charge is 0.458 e. The lowest BCUT2D eigenvalue weighted by atomic mass is 9.78. The van der Waals surface area contributed by atoms with Gasteiger partial charge in [0.1, 0.15) is 12.2 Å². The second-order valence-electron chi connectivity index (χ2n) is 21.8. The molecule has 2 saturated carbocycles. The van der Waals surface area contributed by atoms with Gasteiger partial charge in [0.05, 0.1) is 40.6 Å². The third-order valence-corrected chi connectivity index (χ3v) is 14.3. The number of fused-ring (bicyclic) bond motifs is 1. The topological polar surface area (TPSA) is 187 Å². The van der Waals surface area contributed by atoms with Crippen LogP contribution in [-0.2, 0) is 61.9 Å². The fraction of sp³-hybridized carbons (Fsp3) is 0.870. The first-order valence-corrected chi connectivity index (χ1v) is 23.4. The molecule has 0 radical (unpaired) electrons. The average Bonchev–Trinajstić information content (AvgIpc) is 3.93. The molecule has 2 saturated heterocycles. The third-order valence-electron chi connectivity index (χ3n) is 14.3. The van der Waals surface area contributed by atoms with E-state index in [2.05, 4.69) is 18.9 Å². The first-order chi connectivity index (χ1) is 34.0. The Kier molecular flexibility index (Phi) is 19.5. The number of halogens is 17. The molecule has 2 aliphatic carbocycles. The number of hydrogen-bond acceptors (Lipinski definition) is 14. The van der Waals surface area contributed by atoms with Crippen LogP contribution in [-0.4, -0.2) is 125 Å². The van der Waals surface area contributed by atoms with Gasteiger partial charge in [-0.1, -0.05) is 34.6 Å². The monoisotopic (exact) mass is 1160 g/mol. The highest BCUT2D eigenvalue weighted by Crippen LogP contribution is 2.60. The van der Waals surface area contributed by atoms with Crippen molar-refractivity contribution in [2.75, 3.05) is 6.61 Å². The minimum absolute atomic E-state index is 0.0913. The molecule has 4 aliphatic rings. The van der Waals surface area contributed by atoms with Crippen molar-refractivity contribution in [1.29, 1.82) is 0 Å². The zero-order valence-electron chi connectivity index (χ0n) is 43.8. The average molecular weight is 1160 g/mol. The first-order valence-electron chi connectivity index (χ1n) is 23.4. The first kappa shape index (κ1) is 68.7. The van der Waals surface area contributed by atoms with Gasteiger partial charge >= 0.3 is 78.4 Å². The van der Waals surface area contributed by atoms with E-state index in [4.69, 9.17) is 14.2 Å². The maximum Gasteiger partial charge on any atom is 0.462 e. The van der Waals surface area contributed by atoms with E-state index >= 15 is 0 Å². The van der Waals surface area contributed by atoms with Crippen LogP contribution in [0.3, 0.4) is 0 Å². The standard InChI is InChI=1S/C18H20F6O6.C16H23F5O5.C12H18F6O3/c1-4-16(2,3)15(27)29-11-7-5-6-8(12(25)28-10(6)11)9(7)13(26)30-14(17(19,20)21)18(22,23)24;1-7-12(4,5)11(23)26-13(6)8-24-15(14(13,17)18,16(19,20)21)25-10(22)9(2)3;1-6-8(2,3)7(19)21-9(4,5)10(20,11(13,14)15)12(16,17)18/h6-11,14H,4-5H2,1-3H3;9H,7-8H2,1-6H3;20H,6H2,1-5H3. The van der Waals surface area contributed by atoms with Crippen molar-refractivity contribution in [1.82, 2.24) is 0 Å². The molecule has 2 bridgehead atoms.